The van der Waals surface area contributed by atoms with Crippen molar-refractivity contribution < 1.29 is 24.7 Å². The maximum Gasteiger partial charge on any atom is 3.00 e. The van der Waals surface area contributed by atoms with Crippen LogP contribution in [0.3, 0.4) is 0 Å². The topological polar surface area (TPSA) is 26.1 Å². The summed E-state index contributed by atoms with van der Waals surface area (Å²) < 4.78 is 6.81. The van der Waals surface area contributed by atoms with Crippen molar-refractivity contribution in [1.29, 1.82) is 0 Å². The van der Waals surface area contributed by atoms with Crippen molar-refractivity contribution in [3.8, 4) is 16.9 Å². The molecule has 4 aromatic heterocycles. The van der Waals surface area contributed by atoms with Crippen LogP contribution in [0.4, 0.5) is 0 Å². The van der Waals surface area contributed by atoms with Gasteiger partial charge in [0.25, 0.3) is 0 Å². The van der Waals surface area contributed by atoms with Gasteiger partial charge in [0.15, 0.2) is 0 Å². The number of pyridine rings is 1. The van der Waals surface area contributed by atoms with Crippen molar-refractivity contribution in [2.45, 2.75) is 33.2 Å². The zero-order chi connectivity index (χ0) is 30.3. The Morgan fingerprint density at radius 2 is 1.52 bits per heavy atom. The number of aromatic nitrogens is 4. The smallest absolute Gasteiger partial charge is 0.358 e. The Morgan fingerprint density at radius 1 is 0.739 bits per heavy atom. The molecular weight excluding hydrogens is 741 g/mol. The van der Waals surface area contributed by atoms with E-state index >= 15 is 0 Å². The number of unbranched alkanes of at least 4 members (excludes halogenated alkanes) is 1. The molecule has 0 aliphatic rings. The van der Waals surface area contributed by atoms with Crippen molar-refractivity contribution in [3.63, 3.8) is 0 Å². The normalized spacial score (nSPS) is 11.3. The van der Waals surface area contributed by atoms with Gasteiger partial charge in [-0.25, -0.2) is 0 Å². The number of imidazole rings is 1. The molecule has 0 spiro atoms. The van der Waals surface area contributed by atoms with Crippen LogP contribution < -0.4 is 4.57 Å². The second-order valence-electron chi connectivity index (χ2n) is 11.6. The summed E-state index contributed by atoms with van der Waals surface area (Å²) >= 11 is 0. The molecule has 0 unspecified atom stereocenters. The van der Waals surface area contributed by atoms with E-state index in [0.29, 0.717) is 0 Å². The van der Waals surface area contributed by atoms with Gasteiger partial charge in [-0.05, 0) is 47.3 Å². The fraction of sp³-hybridized carbons (Fsp3) is 0.122. The molecule has 0 fully saturated rings. The number of hydrogen-bond donors (Lipinski definition) is 0. The molecule has 5 heteroatoms. The number of hydrogen-bond acceptors (Lipinski definition) is 1. The average molecular weight is 773 g/mol. The molecule has 4 nitrogen and oxygen atoms in total. The number of rotatable bonds is 5. The van der Waals surface area contributed by atoms with E-state index in [1.807, 2.05) is 43.5 Å². The van der Waals surface area contributed by atoms with Crippen LogP contribution in [0.15, 0.2) is 121 Å². The molecule has 0 radical (unpaired) electrons. The number of nitrogens with zero attached hydrogens (tertiary/aromatic N) is 4. The molecule has 9 aromatic rings. The van der Waals surface area contributed by atoms with E-state index in [-0.39, 0.29) is 20.1 Å². The SMILES string of the molecule is CCCC[n+]1[c-]n(-c2[c-]c3c4cccc5c6ccccc6n(c3cc2)c45)c2ccccc21.Cc1ccc(-c2[c-]cccc2)nc1.[Ir+3]. The van der Waals surface area contributed by atoms with Gasteiger partial charge in [-0.1, -0.05) is 91.5 Å². The first-order valence-electron chi connectivity index (χ1n) is 15.6. The average Bonchev–Trinajstić information content (AvgIpc) is 3.75. The van der Waals surface area contributed by atoms with Crippen LogP contribution in [0.1, 0.15) is 25.3 Å². The summed E-state index contributed by atoms with van der Waals surface area (Å²) in [4.78, 5) is 4.32. The first-order chi connectivity index (χ1) is 22.2. The monoisotopic (exact) mass is 773 g/mol. The second kappa shape index (κ2) is 12.5. The molecule has 0 aliphatic heterocycles. The van der Waals surface area contributed by atoms with Crippen LogP contribution in [0.2, 0.25) is 0 Å². The molecular formula is C41H32IrN4+. The van der Waals surface area contributed by atoms with Crippen LogP contribution >= 0.6 is 0 Å². The van der Waals surface area contributed by atoms with E-state index in [1.54, 1.807) is 0 Å². The largest absolute Gasteiger partial charge is 3.00 e. The third-order valence-corrected chi connectivity index (χ3v) is 8.62. The Bertz CT molecular complexity index is 2420. The molecule has 224 valence electrons. The Hall–Kier alpha value is -4.83. The molecule has 0 aliphatic carbocycles. The number of fused-ring (bicyclic) bond motifs is 7. The van der Waals surface area contributed by atoms with Gasteiger partial charge >= 0.3 is 20.1 Å². The molecule has 0 bridgehead atoms. The van der Waals surface area contributed by atoms with Gasteiger partial charge < -0.3 is 18.5 Å². The summed E-state index contributed by atoms with van der Waals surface area (Å²) in [6.45, 7) is 5.24. The molecule has 0 atom stereocenters. The van der Waals surface area contributed by atoms with E-state index in [1.165, 1.54) is 61.1 Å². The Morgan fingerprint density at radius 3 is 2.33 bits per heavy atom. The zero-order valence-electron chi connectivity index (χ0n) is 25.8. The number of benzene rings is 5. The van der Waals surface area contributed by atoms with Crippen molar-refractivity contribution >= 4 is 49.1 Å². The molecule has 0 N–H and O–H groups in total. The Kier molecular flexibility index (Phi) is 8.12. The Labute approximate surface area is 282 Å². The minimum Gasteiger partial charge on any atom is -0.358 e. The maximum absolute atomic E-state index is 4.32. The Balaban J connectivity index is 0.000000204. The van der Waals surface area contributed by atoms with Crippen molar-refractivity contribution in [3.05, 3.63) is 145 Å². The first-order valence-corrected chi connectivity index (χ1v) is 15.6. The first kappa shape index (κ1) is 29.9. The summed E-state index contributed by atoms with van der Waals surface area (Å²) in [7, 11) is 0. The minimum atomic E-state index is 0. The molecule has 0 amide bonds. The molecule has 46 heavy (non-hydrogen) atoms. The molecule has 9 rings (SSSR count). The van der Waals surface area contributed by atoms with Crippen molar-refractivity contribution in [2.24, 2.45) is 0 Å². The molecule has 5 aromatic carbocycles. The van der Waals surface area contributed by atoms with Crippen LogP contribution in [-0.2, 0) is 26.7 Å². The predicted octanol–water partition coefficient (Wildman–Crippen LogP) is 9.32. The van der Waals surface area contributed by atoms with Gasteiger partial charge in [0, 0.05) is 22.6 Å². The van der Waals surface area contributed by atoms with Crippen molar-refractivity contribution in [1.82, 2.24) is 14.0 Å². The van der Waals surface area contributed by atoms with E-state index < -0.39 is 0 Å². The zero-order valence-corrected chi connectivity index (χ0v) is 28.2. The van der Waals surface area contributed by atoms with E-state index in [2.05, 4.69) is 129 Å². The van der Waals surface area contributed by atoms with Crippen LogP contribution in [0.5, 0.6) is 0 Å². The van der Waals surface area contributed by atoms with Gasteiger partial charge in [-0.2, -0.15) is 0 Å². The second-order valence-corrected chi connectivity index (χ2v) is 11.6. The van der Waals surface area contributed by atoms with E-state index in [9.17, 15) is 0 Å². The molecule has 0 saturated carbocycles. The van der Waals surface area contributed by atoms with E-state index in [4.69, 9.17) is 0 Å². The van der Waals surface area contributed by atoms with Crippen molar-refractivity contribution in [2.75, 3.05) is 0 Å². The number of aryl methyl sites for hydroxylation is 2. The van der Waals surface area contributed by atoms with Crippen LogP contribution in [0.25, 0.3) is 66.1 Å². The van der Waals surface area contributed by atoms with Gasteiger partial charge in [0.2, 0.25) is 6.33 Å². The third kappa shape index (κ3) is 5.06. The standard InChI is InChI=1S/C29H22N3.C12H10N.Ir/c1-2-3-17-30-19-31(28-14-7-6-13-27(28)30)20-15-16-26-24(18-20)23-11-8-10-22-21-9-4-5-12-25(21)32(26)29(22)23;1-10-7-8-12(13-9-10)11-5-3-2-4-6-11;/h4-16H,2-3,17H2,1H3;2-5,7-9H,1H3;/q2*-1;+3. The molecule has 4 heterocycles. The van der Waals surface area contributed by atoms with Crippen LogP contribution in [-0.4, -0.2) is 14.0 Å². The molecule has 0 saturated heterocycles. The third-order valence-electron chi connectivity index (χ3n) is 8.62. The van der Waals surface area contributed by atoms with Gasteiger partial charge in [0.1, 0.15) is 0 Å². The summed E-state index contributed by atoms with van der Waals surface area (Å²) in [6, 6.07) is 47.1. The van der Waals surface area contributed by atoms with Gasteiger partial charge in [0.05, 0.1) is 17.6 Å². The van der Waals surface area contributed by atoms with Crippen LogP contribution in [0, 0.1) is 25.4 Å². The quantitative estimate of drug-likeness (QED) is 0.127. The number of para-hydroxylation sites is 4. The fourth-order valence-electron chi connectivity index (χ4n) is 6.43. The maximum atomic E-state index is 4.32. The minimum absolute atomic E-state index is 0. The predicted molar refractivity (Wildman–Crippen MR) is 184 cm³/mol. The summed E-state index contributed by atoms with van der Waals surface area (Å²) in [5.41, 5.74) is 10.4. The van der Waals surface area contributed by atoms with Gasteiger partial charge in [-0.15, -0.1) is 59.5 Å². The summed E-state index contributed by atoms with van der Waals surface area (Å²) in [6.07, 6.45) is 7.78. The summed E-state index contributed by atoms with van der Waals surface area (Å²) in [5.74, 6) is 0. The van der Waals surface area contributed by atoms with Gasteiger partial charge in [-0.3, -0.25) is 0 Å². The fourth-order valence-corrected chi connectivity index (χ4v) is 6.43. The summed E-state index contributed by atoms with van der Waals surface area (Å²) in [5, 5.41) is 5.03. The van der Waals surface area contributed by atoms with E-state index in [0.717, 1.165) is 29.9 Å².